The van der Waals surface area contributed by atoms with E-state index in [1.807, 2.05) is 19.1 Å². The molecule has 138 valence electrons. The molecule has 1 aromatic heterocycles. The zero-order valence-corrected chi connectivity index (χ0v) is 16.5. The van der Waals surface area contributed by atoms with Gasteiger partial charge in [0.1, 0.15) is 5.75 Å². The van der Waals surface area contributed by atoms with Crippen LogP contribution in [0.5, 0.6) is 5.75 Å². The van der Waals surface area contributed by atoms with Crippen LogP contribution >= 0.6 is 27.5 Å². The lowest BCUT2D eigenvalue weighted by Crippen LogP contribution is -2.12. The summed E-state index contributed by atoms with van der Waals surface area (Å²) in [6.07, 6.45) is 3.02. The lowest BCUT2D eigenvalue weighted by molar-refractivity contribution is -0.139. The molecule has 0 spiro atoms. The molecule has 0 saturated carbocycles. The number of para-hydroxylation sites is 1. The van der Waals surface area contributed by atoms with Gasteiger partial charge in [0.15, 0.2) is 12.4 Å². The first-order valence-corrected chi connectivity index (χ1v) is 9.03. The van der Waals surface area contributed by atoms with Gasteiger partial charge in [-0.05, 0) is 36.8 Å². The molecule has 0 aliphatic carbocycles. The Balaban J connectivity index is 1.97. The maximum absolute atomic E-state index is 12.9. The second kappa shape index (κ2) is 7.94. The fourth-order valence-electron chi connectivity index (χ4n) is 2.58. The van der Waals surface area contributed by atoms with Gasteiger partial charge in [-0.1, -0.05) is 39.7 Å². The van der Waals surface area contributed by atoms with Crippen molar-refractivity contribution in [3.05, 3.63) is 75.0 Å². The molecule has 3 aromatic rings. The molecule has 0 atom stereocenters. The fraction of sp³-hybridized carbons (Fsp3) is 0.105. The van der Waals surface area contributed by atoms with Gasteiger partial charge in [0.25, 0.3) is 0 Å². The number of carbonyl (C=O) groups excluding carboxylic acids is 1. The smallest absolute Gasteiger partial charge is 0.341 e. The third-order valence-corrected chi connectivity index (χ3v) is 4.60. The molecule has 0 aliphatic heterocycles. The lowest BCUT2D eigenvalue weighted by atomic mass is 10.1. The van der Waals surface area contributed by atoms with Crippen molar-refractivity contribution in [2.45, 2.75) is 6.92 Å². The minimum Gasteiger partial charge on any atom is -0.481 e. The Morgan fingerprint density at radius 1 is 1.30 bits per heavy atom. The second-order valence-electron chi connectivity index (χ2n) is 5.73. The second-order valence-corrected chi connectivity index (χ2v) is 7.05. The Hall–Kier alpha value is -2.64. The highest BCUT2D eigenvalue weighted by atomic mass is 79.9. The van der Waals surface area contributed by atoms with E-state index in [1.165, 1.54) is 6.20 Å². The molecule has 27 heavy (non-hydrogen) atoms. The van der Waals surface area contributed by atoms with Crippen molar-refractivity contribution in [3.63, 3.8) is 0 Å². The topological polar surface area (TPSA) is 81.4 Å². The summed E-state index contributed by atoms with van der Waals surface area (Å²) in [5, 5.41) is 13.6. The van der Waals surface area contributed by atoms with Crippen LogP contribution in [0.2, 0.25) is 5.02 Å². The van der Waals surface area contributed by atoms with Gasteiger partial charge in [-0.3, -0.25) is 4.79 Å². The van der Waals surface area contributed by atoms with Gasteiger partial charge in [-0.2, -0.15) is 5.10 Å². The van der Waals surface area contributed by atoms with E-state index in [1.54, 1.807) is 35.1 Å². The molecule has 6 nitrogen and oxygen atoms in total. The van der Waals surface area contributed by atoms with Crippen molar-refractivity contribution in [2.75, 3.05) is 6.61 Å². The Kier molecular flexibility index (Phi) is 5.62. The van der Waals surface area contributed by atoms with Crippen molar-refractivity contribution in [3.8, 4) is 11.4 Å². The zero-order valence-electron chi connectivity index (χ0n) is 14.1. The minimum absolute atomic E-state index is 0.187. The highest BCUT2D eigenvalue weighted by molar-refractivity contribution is 9.10. The average Bonchev–Trinajstić information content (AvgIpc) is 3.09. The Labute approximate surface area is 168 Å². The number of aryl methyl sites for hydroxylation is 1. The number of ketones is 1. The van der Waals surface area contributed by atoms with E-state index in [2.05, 4.69) is 21.0 Å². The van der Waals surface area contributed by atoms with Crippen LogP contribution in [0.15, 0.2) is 53.3 Å². The third-order valence-electron chi connectivity index (χ3n) is 3.80. The summed E-state index contributed by atoms with van der Waals surface area (Å²) < 4.78 is 7.45. The van der Waals surface area contributed by atoms with Crippen molar-refractivity contribution in [2.24, 2.45) is 0 Å². The number of carboxylic acid groups (broad SMARTS) is 1. The lowest BCUT2D eigenvalue weighted by Gasteiger charge is -2.09. The first-order chi connectivity index (χ1) is 12.9. The van der Waals surface area contributed by atoms with Crippen LogP contribution in [0.1, 0.15) is 21.5 Å². The van der Waals surface area contributed by atoms with Crippen LogP contribution in [0.25, 0.3) is 5.69 Å². The summed E-state index contributed by atoms with van der Waals surface area (Å²) in [7, 11) is 0. The molecule has 2 aromatic carbocycles. The number of halogens is 2. The van der Waals surface area contributed by atoms with Crippen LogP contribution in [-0.2, 0) is 4.79 Å². The third kappa shape index (κ3) is 4.20. The number of rotatable bonds is 6. The van der Waals surface area contributed by atoms with Crippen LogP contribution in [0.4, 0.5) is 0 Å². The number of hydrogen-bond acceptors (Lipinski definition) is 4. The molecule has 0 amide bonds. The number of carboxylic acids is 1. The molecule has 3 rings (SSSR count). The molecule has 0 radical (unpaired) electrons. The largest absolute Gasteiger partial charge is 0.481 e. The summed E-state index contributed by atoms with van der Waals surface area (Å²) in [5.74, 6) is -1.28. The highest BCUT2D eigenvalue weighted by Crippen LogP contribution is 2.27. The number of benzene rings is 2. The van der Waals surface area contributed by atoms with Gasteiger partial charge in [0.2, 0.25) is 0 Å². The SMILES string of the molecule is Cc1cccc(Cl)c1-n1cc(C(=O)c2cc(Br)ccc2OCC(=O)O)cn1. The maximum atomic E-state index is 12.9. The Morgan fingerprint density at radius 3 is 2.78 bits per heavy atom. The summed E-state index contributed by atoms with van der Waals surface area (Å²) in [6, 6.07) is 10.3. The standard InChI is InChI=1S/C19H14BrClN2O4/c1-11-3-2-4-15(21)18(11)23-9-12(8-22-23)19(26)14-7-13(20)5-6-16(14)27-10-17(24)25/h2-9H,10H2,1H3,(H,24,25). The predicted octanol–water partition coefficient (Wildman–Crippen LogP) is 4.29. The van der Waals surface area contributed by atoms with Crippen molar-refractivity contribution in [1.82, 2.24) is 9.78 Å². The van der Waals surface area contributed by atoms with E-state index in [9.17, 15) is 9.59 Å². The van der Waals surface area contributed by atoms with Crippen LogP contribution in [0.3, 0.4) is 0 Å². The maximum Gasteiger partial charge on any atom is 0.341 e. The molecule has 0 saturated heterocycles. The molecular weight excluding hydrogens is 436 g/mol. The number of nitrogens with zero attached hydrogens (tertiary/aromatic N) is 2. The van der Waals surface area contributed by atoms with Crippen molar-refractivity contribution < 1.29 is 19.4 Å². The summed E-state index contributed by atoms with van der Waals surface area (Å²) in [6.45, 7) is 1.36. The first kappa shape index (κ1) is 19.1. The van der Waals surface area contributed by atoms with Crippen LogP contribution < -0.4 is 4.74 Å². The number of hydrogen-bond donors (Lipinski definition) is 1. The van der Waals surface area contributed by atoms with Crippen LogP contribution in [0, 0.1) is 6.92 Å². The van der Waals surface area contributed by atoms with Gasteiger partial charge in [-0.15, -0.1) is 0 Å². The number of ether oxygens (including phenoxy) is 1. The van der Waals surface area contributed by atoms with E-state index in [4.69, 9.17) is 21.4 Å². The normalized spacial score (nSPS) is 10.6. The number of carbonyl (C=O) groups is 2. The van der Waals surface area contributed by atoms with Crippen molar-refractivity contribution >= 4 is 39.3 Å². The monoisotopic (exact) mass is 448 g/mol. The molecule has 1 N–H and O–H groups in total. The molecule has 0 bridgehead atoms. The number of aromatic nitrogens is 2. The Bertz CT molecular complexity index is 1010. The van der Waals surface area contributed by atoms with Gasteiger partial charge in [0, 0.05) is 10.7 Å². The average molecular weight is 450 g/mol. The molecule has 8 heteroatoms. The quantitative estimate of drug-likeness (QED) is 0.568. The molecule has 0 aliphatic rings. The molecule has 1 heterocycles. The van der Waals surface area contributed by atoms with Gasteiger partial charge in [-0.25, -0.2) is 9.48 Å². The van der Waals surface area contributed by atoms with E-state index < -0.39 is 12.6 Å². The highest BCUT2D eigenvalue weighted by Gasteiger charge is 2.19. The fourth-order valence-corrected chi connectivity index (χ4v) is 3.25. The van der Waals surface area contributed by atoms with E-state index in [-0.39, 0.29) is 17.1 Å². The summed E-state index contributed by atoms with van der Waals surface area (Å²) >= 11 is 9.58. The van der Waals surface area contributed by atoms with Gasteiger partial charge < -0.3 is 9.84 Å². The van der Waals surface area contributed by atoms with E-state index in [0.29, 0.717) is 20.7 Å². The summed E-state index contributed by atoms with van der Waals surface area (Å²) in [4.78, 5) is 23.7. The molecule has 0 fully saturated rings. The predicted molar refractivity (Wildman–Crippen MR) is 104 cm³/mol. The van der Waals surface area contributed by atoms with Gasteiger partial charge in [0.05, 0.1) is 28.0 Å². The zero-order chi connectivity index (χ0) is 19.6. The molecule has 0 unspecified atom stereocenters. The minimum atomic E-state index is -1.13. The summed E-state index contributed by atoms with van der Waals surface area (Å²) in [5.41, 5.74) is 2.17. The van der Waals surface area contributed by atoms with Gasteiger partial charge >= 0.3 is 5.97 Å². The molecular formula is C19H14BrClN2O4. The van der Waals surface area contributed by atoms with E-state index in [0.717, 1.165) is 5.56 Å². The first-order valence-electron chi connectivity index (χ1n) is 7.86. The van der Waals surface area contributed by atoms with Crippen LogP contribution in [-0.4, -0.2) is 33.2 Å². The number of aliphatic carboxylic acids is 1. The van der Waals surface area contributed by atoms with Crippen molar-refractivity contribution in [1.29, 1.82) is 0 Å². The Morgan fingerprint density at radius 2 is 2.07 bits per heavy atom. The van der Waals surface area contributed by atoms with E-state index >= 15 is 0 Å².